The molecule has 0 aliphatic heterocycles. The molecule has 0 unspecified atom stereocenters. The van der Waals surface area contributed by atoms with Gasteiger partial charge in [0.05, 0.1) is 0 Å². The molecule has 0 saturated heterocycles. The van der Waals surface area contributed by atoms with Crippen molar-refractivity contribution in [3.05, 3.63) is 0 Å². The molecule has 0 nitrogen and oxygen atoms in total. The van der Waals surface area contributed by atoms with E-state index in [1.54, 1.807) is 0 Å². The van der Waals surface area contributed by atoms with Crippen molar-refractivity contribution < 1.29 is 90.2 Å². The molecule has 0 heterocycles. The van der Waals surface area contributed by atoms with E-state index in [0.29, 0.717) is 0 Å². The van der Waals surface area contributed by atoms with Crippen LogP contribution in [0.4, 0.5) is 0 Å². The first-order chi connectivity index (χ1) is 0. The Balaban J connectivity index is 0. The minimum atomic E-state index is 0. The van der Waals surface area contributed by atoms with E-state index in [0.717, 1.165) is 0 Å². The van der Waals surface area contributed by atoms with E-state index in [1.807, 2.05) is 0 Å². The van der Waals surface area contributed by atoms with Crippen molar-refractivity contribution in [2.45, 2.75) is 0 Å². The number of halogens is 4. The molecule has 6 heavy (non-hydrogen) atoms. The van der Waals surface area contributed by atoms with Crippen LogP contribution in [0.15, 0.2) is 0 Å². The van der Waals surface area contributed by atoms with Crippen molar-refractivity contribution in [3.63, 3.8) is 0 Å². The van der Waals surface area contributed by atoms with Gasteiger partial charge in [0.2, 0.25) is 0 Å². The van der Waals surface area contributed by atoms with Gasteiger partial charge in [0.1, 0.15) is 0 Å². The average Bonchev–Trinajstić information content (AvgIpc) is 0. The Morgan fingerprint density at radius 2 is 0.500 bits per heavy atom. The Morgan fingerprint density at radius 3 is 0.500 bits per heavy atom. The van der Waals surface area contributed by atoms with E-state index in [9.17, 15) is 0 Å². The Labute approximate surface area is 89.3 Å². The quantitative estimate of drug-likeness (QED) is 0.338. The van der Waals surface area contributed by atoms with Gasteiger partial charge in [0.25, 0.3) is 0 Å². The Kier molecular flexibility index (Phi) is 661. The molecule has 6 heteroatoms. The predicted molar refractivity (Wildman–Crippen MR) is 0 cm³/mol. The van der Waals surface area contributed by atoms with Crippen LogP contribution in [0.5, 0.6) is 0 Å². The summed E-state index contributed by atoms with van der Waals surface area (Å²) >= 11 is 0. The fourth-order valence-corrected chi connectivity index (χ4v) is 0. The molecule has 0 atom stereocenters. The molecule has 0 bridgehead atoms. The van der Waals surface area contributed by atoms with Gasteiger partial charge in [-0.3, -0.25) is 0 Å². The number of hydrogen-bond donors (Lipinski definition) is 0. The van der Waals surface area contributed by atoms with Crippen molar-refractivity contribution >= 4 is 0 Å². The maximum Gasteiger partial charge on any atom is 3.00 e. The van der Waals surface area contributed by atoms with Crippen LogP contribution in [0.25, 0.3) is 0 Å². The monoisotopic (exact) mass is 195 g/mol. The largest absolute Gasteiger partial charge is 3.00 e. The van der Waals surface area contributed by atoms with Crippen molar-refractivity contribution in [3.8, 4) is 0 Å². The maximum atomic E-state index is 0. The third-order valence-electron chi connectivity index (χ3n) is 0. The zero-order chi connectivity index (χ0) is 0. The van der Waals surface area contributed by atoms with Crippen LogP contribution in [0.2, 0.25) is 0 Å². The smallest absolute Gasteiger partial charge is 1.00 e. The van der Waals surface area contributed by atoms with Crippen LogP contribution in [-0.2, 0) is 21.7 Å². The van der Waals surface area contributed by atoms with Crippen molar-refractivity contribution in [1.82, 2.24) is 0 Å². The molecule has 1 radical (unpaired) electrons. The van der Waals surface area contributed by atoms with Crippen LogP contribution in [0.1, 0.15) is 0 Å². The molecule has 0 saturated carbocycles. The minimum Gasteiger partial charge on any atom is -1.00 e. The molecule has 0 aliphatic carbocycles. The van der Waals surface area contributed by atoms with E-state index >= 15 is 0 Å². The molecule has 33 valence electrons. The van der Waals surface area contributed by atoms with Gasteiger partial charge in [-0.2, -0.15) is 0 Å². The van der Waals surface area contributed by atoms with Gasteiger partial charge in [-0.05, 0) is 0 Å². The topological polar surface area (TPSA) is 0 Å². The molecular formula is Cl4LiTi. The second kappa shape index (κ2) is 51.2. The van der Waals surface area contributed by atoms with Crippen LogP contribution in [-0.4, -0.2) is 0 Å². The van der Waals surface area contributed by atoms with Crippen LogP contribution in [0.3, 0.4) is 0 Å². The van der Waals surface area contributed by atoms with Gasteiger partial charge in [0, 0.05) is 0 Å². The van der Waals surface area contributed by atoms with E-state index in [2.05, 4.69) is 0 Å². The molecule has 0 aromatic carbocycles. The zero-order valence-corrected chi connectivity index (χ0v) is 7.60. The first-order valence-electron chi connectivity index (χ1n) is 0. The van der Waals surface area contributed by atoms with Crippen molar-refractivity contribution in [2.24, 2.45) is 0 Å². The molecule has 0 N–H and O–H groups in total. The van der Waals surface area contributed by atoms with Gasteiger partial charge in [-0.25, -0.2) is 0 Å². The molecule has 0 fully saturated rings. The van der Waals surface area contributed by atoms with Gasteiger partial charge >= 0.3 is 40.6 Å². The van der Waals surface area contributed by atoms with Crippen LogP contribution >= 0.6 is 0 Å². The molecule has 0 aliphatic rings. The molecule has 0 rings (SSSR count). The van der Waals surface area contributed by atoms with Crippen LogP contribution in [0, 0.1) is 0 Å². The van der Waals surface area contributed by atoms with E-state index in [1.165, 1.54) is 0 Å². The Hall–Kier alpha value is 2.47. The second-order valence-electron chi connectivity index (χ2n) is 0. The summed E-state index contributed by atoms with van der Waals surface area (Å²) in [6.07, 6.45) is 0. The average molecular weight is 197 g/mol. The fourth-order valence-electron chi connectivity index (χ4n) is 0. The number of rotatable bonds is 0. The minimum absolute atomic E-state index is 0. The van der Waals surface area contributed by atoms with Gasteiger partial charge in [0.15, 0.2) is 0 Å². The Morgan fingerprint density at radius 1 is 0.500 bits per heavy atom. The first kappa shape index (κ1) is 77.4. The van der Waals surface area contributed by atoms with E-state index < -0.39 is 0 Å². The normalized spacial score (nSPS) is 0. The summed E-state index contributed by atoms with van der Waals surface area (Å²) in [7, 11) is 0. The van der Waals surface area contributed by atoms with Gasteiger partial charge in [-0.1, -0.05) is 0 Å². The SMILES string of the molecule is [Cl-].[Cl-].[Cl-].[Cl-].[Li+].[Ti+3]. The standard InChI is InChI=1S/4ClH.Li.Ti/h4*1H;;/q;;;;+1;+3/p-4. The van der Waals surface area contributed by atoms with Gasteiger partial charge in [-0.15, -0.1) is 0 Å². The summed E-state index contributed by atoms with van der Waals surface area (Å²) in [5.41, 5.74) is 0. The summed E-state index contributed by atoms with van der Waals surface area (Å²) < 4.78 is 0. The molecule has 0 aromatic rings. The van der Waals surface area contributed by atoms with Crippen molar-refractivity contribution in [1.29, 1.82) is 0 Å². The number of hydrogen-bond acceptors (Lipinski definition) is 0. The summed E-state index contributed by atoms with van der Waals surface area (Å²) in [5, 5.41) is 0. The molecule has 0 spiro atoms. The molecule has 0 aromatic heterocycles. The predicted octanol–water partition coefficient (Wildman–Crippen LogP) is -15.0. The first-order valence-corrected chi connectivity index (χ1v) is 0. The summed E-state index contributed by atoms with van der Waals surface area (Å²) in [5.74, 6) is 0. The van der Waals surface area contributed by atoms with E-state index in [4.69, 9.17) is 0 Å². The third-order valence-corrected chi connectivity index (χ3v) is 0. The summed E-state index contributed by atoms with van der Waals surface area (Å²) in [4.78, 5) is 0. The van der Waals surface area contributed by atoms with Gasteiger partial charge < -0.3 is 49.6 Å². The summed E-state index contributed by atoms with van der Waals surface area (Å²) in [6.45, 7) is 0. The summed E-state index contributed by atoms with van der Waals surface area (Å²) in [6, 6.07) is 0. The second-order valence-corrected chi connectivity index (χ2v) is 0. The molecule has 0 amide bonds. The maximum absolute atomic E-state index is 0. The van der Waals surface area contributed by atoms with Crippen LogP contribution < -0.4 is 68.5 Å². The molecular weight excluding hydrogens is 197 g/mol. The zero-order valence-electron chi connectivity index (χ0n) is 3.01. The van der Waals surface area contributed by atoms with E-state index in [-0.39, 0.29) is 90.2 Å². The third kappa shape index (κ3) is 31.7. The Bertz CT molecular complexity index is 7.51. The fraction of sp³-hybridized carbons (Fsp3) is 0. The van der Waals surface area contributed by atoms with Crippen molar-refractivity contribution in [2.75, 3.05) is 0 Å².